The monoisotopic (exact) mass is 221 g/mol. The van der Waals surface area contributed by atoms with Crippen LogP contribution in [0.3, 0.4) is 0 Å². The highest BCUT2D eigenvalue weighted by atomic mass is 35.5. The van der Waals surface area contributed by atoms with Crippen molar-refractivity contribution in [2.45, 2.75) is 6.42 Å². The second kappa shape index (κ2) is 3.00. The number of carbonyl (C=O) groups is 1. The lowest BCUT2D eigenvalue weighted by atomic mass is 10.1. The molecule has 1 N–H and O–H groups in total. The van der Waals surface area contributed by atoms with Gasteiger partial charge in [-0.25, -0.2) is 4.79 Å². The minimum Gasteiger partial charge on any atom is -0.461 e. The van der Waals surface area contributed by atoms with Gasteiger partial charge in [-0.3, -0.25) is 0 Å². The lowest BCUT2D eigenvalue weighted by Gasteiger charge is -2.11. The normalized spacial score (nSPS) is 15.1. The molecule has 1 aliphatic rings. The third-order valence-electron chi connectivity index (χ3n) is 2.66. The van der Waals surface area contributed by atoms with Crippen LogP contribution in [0.5, 0.6) is 0 Å². The third kappa shape index (κ3) is 1.23. The van der Waals surface area contributed by atoms with Crippen molar-refractivity contribution in [1.82, 2.24) is 4.98 Å². The molecule has 4 heteroatoms. The number of ether oxygens (including phenoxy) is 1. The molecule has 1 aliphatic heterocycles. The standard InChI is InChI=1S/C11H8ClNO2/c12-6-1-2-7-8-3-4-15-11(14)10(8)13-9(7)5-6/h1-2,5,13H,3-4H2. The van der Waals surface area contributed by atoms with Gasteiger partial charge in [0.05, 0.1) is 6.61 Å². The Hall–Kier alpha value is -1.48. The average Bonchev–Trinajstić information content (AvgIpc) is 2.57. The maximum Gasteiger partial charge on any atom is 0.355 e. The van der Waals surface area contributed by atoms with Crippen LogP contribution in [0.25, 0.3) is 10.9 Å². The van der Waals surface area contributed by atoms with Gasteiger partial charge in [0, 0.05) is 22.3 Å². The van der Waals surface area contributed by atoms with Crippen LogP contribution in [0.1, 0.15) is 16.1 Å². The van der Waals surface area contributed by atoms with Crippen LogP contribution in [-0.2, 0) is 11.2 Å². The van der Waals surface area contributed by atoms with Crippen LogP contribution in [0, 0.1) is 0 Å². The highest BCUT2D eigenvalue weighted by Gasteiger charge is 2.22. The summed E-state index contributed by atoms with van der Waals surface area (Å²) in [5.74, 6) is -0.274. The van der Waals surface area contributed by atoms with Crippen molar-refractivity contribution in [3.8, 4) is 0 Å². The molecule has 0 radical (unpaired) electrons. The summed E-state index contributed by atoms with van der Waals surface area (Å²) >= 11 is 5.88. The molecule has 15 heavy (non-hydrogen) atoms. The van der Waals surface area contributed by atoms with Crippen molar-refractivity contribution >= 4 is 28.5 Å². The number of hydrogen-bond donors (Lipinski definition) is 1. The second-order valence-corrected chi connectivity index (χ2v) is 3.99. The van der Waals surface area contributed by atoms with Gasteiger partial charge in [0.15, 0.2) is 0 Å². The number of H-pyrrole nitrogens is 1. The quantitative estimate of drug-likeness (QED) is 0.695. The van der Waals surface area contributed by atoms with E-state index in [9.17, 15) is 4.79 Å². The number of hydrogen-bond acceptors (Lipinski definition) is 2. The average molecular weight is 222 g/mol. The second-order valence-electron chi connectivity index (χ2n) is 3.55. The van der Waals surface area contributed by atoms with Crippen molar-refractivity contribution in [1.29, 1.82) is 0 Å². The van der Waals surface area contributed by atoms with Crippen molar-refractivity contribution in [3.63, 3.8) is 0 Å². The van der Waals surface area contributed by atoms with Crippen LogP contribution >= 0.6 is 11.6 Å². The Morgan fingerprint density at radius 1 is 1.40 bits per heavy atom. The molecule has 3 rings (SSSR count). The Morgan fingerprint density at radius 3 is 3.13 bits per heavy atom. The van der Waals surface area contributed by atoms with Crippen molar-refractivity contribution < 1.29 is 9.53 Å². The van der Waals surface area contributed by atoms with Gasteiger partial charge in [-0.05, 0) is 17.7 Å². The number of cyclic esters (lactones) is 1. The van der Waals surface area contributed by atoms with Gasteiger partial charge in [0.1, 0.15) is 5.69 Å². The van der Waals surface area contributed by atoms with Crippen molar-refractivity contribution in [3.05, 3.63) is 34.5 Å². The smallest absolute Gasteiger partial charge is 0.355 e. The van der Waals surface area contributed by atoms with Crippen molar-refractivity contribution in [2.24, 2.45) is 0 Å². The molecule has 0 aliphatic carbocycles. The van der Waals surface area contributed by atoms with Gasteiger partial charge in [-0.15, -0.1) is 0 Å². The fourth-order valence-electron chi connectivity index (χ4n) is 1.98. The molecular formula is C11H8ClNO2. The molecule has 76 valence electrons. The maximum absolute atomic E-state index is 11.5. The van der Waals surface area contributed by atoms with E-state index in [2.05, 4.69) is 4.98 Å². The fraction of sp³-hybridized carbons (Fsp3) is 0.182. The number of aromatic nitrogens is 1. The molecule has 2 heterocycles. The van der Waals surface area contributed by atoms with E-state index in [1.807, 2.05) is 18.2 Å². The Kier molecular flexibility index (Phi) is 1.76. The lowest BCUT2D eigenvalue weighted by molar-refractivity contribution is 0.0475. The molecule has 3 nitrogen and oxygen atoms in total. The number of benzene rings is 1. The molecule has 1 aromatic carbocycles. The molecule has 0 unspecified atom stereocenters. The van der Waals surface area contributed by atoms with E-state index >= 15 is 0 Å². The lowest BCUT2D eigenvalue weighted by Crippen LogP contribution is -2.16. The molecule has 0 atom stereocenters. The van der Waals surface area contributed by atoms with Crippen LogP contribution in [0.15, 0.2) is 18.2 Å². The van der Waals surface area contributed by atoms with Gasteiger partial charge in [0.25, 0.3) is 0 Å². The summed E-state index contributed by atoms with van der Waals surface area (Å²) < 4.78 is 4.96. The van der Waals surface area contributed by atoms with Gasteiger partial charge in [-0.1, -0.05) is 17.7 Å². The van der Waals surface area contributed by atoms with E-state index in [1.165, 1.54) is 0 Å². The molecule has 2 aromatic rings. The van der Waals surface area contributed by atoms with Gasteiger partial charge < -0.3 is 9.72 Å². The van der Waals surface area contributed by atoms with E-state index in [1.54, 1.807) is 0 Å². The summed E-state index contributed by atoms with van der Waals surface area (Å²) in [6.07, 6.45) is 0.767. The summed E-state index contributed by atoms with van der Waals surface area (Å²) in [6.45, 7) is 0.460. The van der Waals surface area contributed by atoms with Crippen LogP contribution in [0.2, 0.25) is 5.02 Å². The molecule has 0 saturated carbocycles. The Balaban J connectivity index is 2.35. The van der Waals surface area contributed by atoms with Gasteiger partial charge >= 0.3 is 5.97 Å². The van der Waals surface area contributed by atoms with Crippen molar-refractivity contribution in [2.75, 3.05) is 6.61 Å². The third-order valence-corrected chi connectivity index (χ3v) is 2.89. The number of aromatic amines is 1. The first-order chi connectivity index (χ1) is 7.25. The Labute approximate surface area is 91.0 Å². The van der Waals surface area contributed by atoms with E-state index < -0.39 is 0 Å². The number of fused-ring (bicyclic) bond motifs is 3. The van der Waals surface area contributed by atoms with Crippen LogP contribution in [-0.4, -0.2) is 17.6 Å². The number of carbonyl (C=O) groups excluding carboxylic acids is 1. The van der Waals surface area contributed by atoms with E-state index in [0.29, 0.717) is 17.3 Å². The summed E-state index contributed by atoms with van der Waals surface area (Å²) in [5, 5.41) is 1.72. The topological polar surface area (TPSA) is 42.1 Å². The van der Waals surface area contributed by atoms with E-state index in [-0.39, 0.29) is 5.97 Å². The molecule has 0 saturated heterocycles. The van der Waals surface area contributed by atoms with Crippen LogP contribution in [0.4, 0.5) is 0 Å². The first kappa shape index (κ1) is 8.80. The van der Waals surface area contributed by atoms with Crippen LogP contribution < -0.4 is 0 Å². The fourth-order valence-corrected chi connectivity index (χ4v) is 2.15. The molecule has 1 aromatic heterocycles. The van der Waals surface area contributed by atoms with Gasteiger partial charge in [0.2, 0.25) is 0 Å². The largest absolute Gasteiger partial charge is 0.461 e. The highest BCUT2D eigenvalue weighted by molar-refractivity contribution is 6.31. The molecule has 0 bridgehead atoms. The Bertz CT molecular complexity index is 559. The molecule has 0 amide bonds. The molecular weight excluding hydrogens is 214 g/mol. The van der Waals surface area contributed by atoms with E-state index in [4.69, 9.17) is 16.3 Å². The SMILES string of the molecule is O=C1OCCc2c1[nH]c1cc(Cl)ccc21. The first-order valence-corrected chi connectivity index (χ1v) is 5.11. The van der Waals surface area contributed by atoms with E-state index in [0.717, 1.165) is 22.9 Å². The zero-order chi connectivity index (χ0) is 10.4. The summed E-state index contributed by atoms with van der Waals surface area (Å²) in [5.41, 5.74) is 2.50. The molecule has 0 fully saturated rings. The molecule has 0 spiro atoms. The number of rotatable bonds is 0. The predicted molar refractivity (Wildman–Crippen MR) is 57.3 cm³/mol. The predicted octanol–water partition coefficient (Wildman–Crippen LogP) is 2.53. The minimum atomic E-state index is -0.274. The maximum atomic E-state index is 11.5. The minimum absolute atomic E-state index is 0.274. The number of esters is 1. The zero-order valence-electron chi connectivity index (χ0n) is 7.84. The number of halogens is 1. The summed E-state index contributed by atoms with van der Waals surface area (Å²) in [7, 11) is 0. The Morgan fingerprint density at radius 2 is 2.27 bits per heavy atom. The number of nitrogens with one attached hydrogen (secondary N) is 1. The first-order valence-electron chi connectivity index (χ1n) is 4.73. The zero-order valence-corrected chi connectivity index (χ0v) is 8.60. The summed E-state index contributed by atoms with van der Waals surface area (Å²) in [6, 6.07) is 5.59. The summed E-state index contributed by atoms with van der Waals surface area (Å²) in [4.78, 5) is 14.5. The van der Waals surface area contributed by atoms with Gasteiger partial charge in [-0.2, -0.15) is 0 Å². The highest BCUT2D eigenvalue weighted by Crippen LogP contribution is 2.28.